The van der Waals surface area contributed by atoms with Gasteiger partial charge in [-0.2, -0.15) is 0 Å². The standard InChI is InChI=1S/C20H12N2O4/c1-2-20(25)14-8-16-17-12(7-11-5-3-4-6-15(11)21-17)9-22(16)18(23)13(14)10-26-19(20)24/h1,3-8,25H,9-10H2/t20-/m0/s1. The number of hydrogen-bond acceptors (Lipinski definition) is 5. The summed E-state index contributed by atoms with van der Waals surface area (Å²) in [5, 5.41) is 11.6. The van der Waals surface area contributed by atoms with Gasteiger partial charge in [0.15, 0.2) is 0 Å². The number of cyclic esters (lactones) is 1. The summed E-state index contributed by atoms with van der Waals surface area (Å²) in [6.07, 6.45) is 5.38. The number of benzene rings is 1. The van der Waals surface area contributed by atoms with Gasteiger partial charge < -0.3 is 14.4 Å². The summed E-state index contributed by atoms with van der Waals surface area (Å²) in [5.41, 5.74) is 0.611. The zero-order valence-corrected chi connectivity index (χ0v) is 13.5. The van der Waals surface area contributed by atoms with Crippen molar-refractivity contribution in [2.45, 2.75) is 18.8 Å². The number of terminal acetylenes is 1. The van der Waals surface area contributed by atoms with E-state index >= 15 is 0 Å². The van der Waals surface area contributed by atoms with Gasteiger partial charge in [0.05, 0.1) is 29.0 Å². The Bertz CT molecular complexity index is 1240. The first-order valence-electron chi connectivity index (χ1n) is 8.06. The van der Waals surface area contributed by atoms with Crippen LogP contribution in [0, 0.1) is 12.3 Å². The molecule has 26 heavy (non-hydrogen) atoms. The molecule has 3 aromatic rings. The van der Waals surface area contributed by atoms with Crippen LogP contribution in [0.2, 0.25) is 0 Å². The van der Waals surface area contributed by atoms with E-state index in [9.17, 15) is 14.7 Å². The van der Waals surface area contributed by atoms with Gasteiger partial charge in [0.2, 0.25) is 0 Å². The number of carbonyl (C=O) groups excluding carboxylic acids is 1. The van der Waals surface area contributed by atoms with Crippen molar-refractivity contribution in [3.8, 4) is 23.7 Å². The maximum Gasteiger partial charge on any atom is 0.356 e. The Hall–Kier alpha value is -3.43. The van der Waals surface area contributed by atoms with E-state index in [1.807, 2.05) is 30.3 Å². The van der Waals surface area contributed by atoms with Crippen LogP contribution in [0.4, 0.5) is 0 Å². The molecule has 2 aromatic heterocycles. The number of hydrogen-bond donors (Lipinski definition) is 1. The van der Waals surface area contributed by atoms with Crippen molar-refractivity contribution in [1.82, 2.24) is 9.55 Å². The lowest BCUT2D eigenvalue weighted by Crippen LogP contribution is -2.43. The molecule has 126 valence electrons. The van der Waals surface area contributed by atoms with Gasteiger partial charge in [-0.15, -0.1) is 6.42 Å². The van der Waals surface area contributed by atoms with Gasteiger partial charge in [0.25, 0.3) is 11.2 Å². The first-order valence-corrected chi connectivity index (χ1v) is 8.06. The molecule has 5 rings (SSSR count). The van der Waals surface area contributed by atoms with Gasteiger partial charge in [-0.3, -0.25) is 4.79 Å². The Balaban J connectivity index is 1.83. The lowest BCUT2D eigenvalue weighted by atomic mass is 9.89. The van der Waals surface area contributed by atoms with Crippen LogP contribution in [0.3, 0.4) is 0 Å². The topological polar surface area (TPSA) is 81.4 Å². The molecule has 0 radical (unpaired) electrons. The Kier molecular flexibility index (Phi) is 2.75. The molecule has 2 aliphatic heterocycles. The molecule has 1 aromatic carbocycles. The van der Waals surface area contributed by atoms with E-state index < -0.39 is 11.6 Å². The van der Waals surface area contributed by atoms with Crippen LogP contribution >= 0.6 is 0 Å². The van der Waals surface area contributed by atoms with Crippen molar-refractivity contribution in [2.75, 3.05) is 0 Å². The van der Waals surface area contributed by atoms with Gasteiger partial charge in [0, 0.05) is 16.5 Å². The summed E-state index contributed by atoms with van der Waals surface area (Å²) >= 11 is 0. The number of nitrogens with zero attached hydrogens (tertiary/aromatic N) is 2. The molecule has 0 saturated carbocycles. The maximum atomic E-state index is 12.9. The molecule has 0 fully saturated rings. The highest BCUT2D eigenvalue weighted by Gasteiger charge is 2.45. The molecule has 4 heterocycles. The number of aliphatic hydroxyl groups is 1. The maximum absolute atomic E-state index is 12.9. The van der Waals surface area contributed by atoms with Crippen LogP contribution in [0.25, 0.3) is 22.3 Å². The number of carbonyl (C=O) groups is 1. The Morgan fingerprint density at radius 2 is 2.08 bits per heavy atom. The van der Waals surface area contributed by atoms with E-state index in [0.29, 0.717) is 17.9 Å². The molecule has 1 atom stereocenters. The first kappa shape index (κ1) is 14.9. The van der Waals surface area contributed by atoms with Crippen LogP contribution in [0.15, 0.2) is 41.2 Å². The Morgan fingerprint density at radius 1 is 1.27 bits per heavy atom. The molecule has 1 N–H and O–H groups in total. The van der Waals surface area contributed by atoms with Crippen LogP contribution < -0.4 is 5.56 Å². The van der Waals surface area contributed by atoms with Crippen molar-refractivity contribution < 1.29 is 14.6 Å². The molecule has 0 bridgehead atoms. The van der Waals surface area contributed by atoms with Crippen LogP contribution in [-0.2, 0) is 28.3 Å². The number of ether oxygens (including phenoxy) is 1. The quantitative estimate of drug-likeness (QED) is 0.384. The largest absolute Gasteiger partial charge is 0.457 e. The smallest absolute Gasteiger partial charge is 0.356 e. The lowest BCUT2D eigenvalue weighted by Gasteiger charge is -2.28. The van der Waals surface area contributed by atoms with Crippen molar-refractivity contribution in [2.24, 2.45) is 0 Å². The van der Waals surface area contributed by atoms with Crippen LogP contribution in [-0.4, -0.2) is 20.6 Å². The van der Waals surface area contributed by atoms with E-state index in [1.54, 1.807) is 10.6 Å². The van der Waals surface area contributed by atoms with E-state index in [2.05, 4.69) is 10.9 Å². The molecular weight excluding hydrogens is 332 g/mol. The number of para-hydroxylation sites is 1. The fourth-order valence-electron chi connectivity index (χ4n) is 3.67. The molecule has 6 nitrogen and oxygen atoms in total. The van der Waals surface area contributed by atoms with Gasteiger partial charge in [0.1, 0.15) is 6.61 Å². The molecule has 0 saturated heterocycles. The van der Waals surface area contributed by atoms with Gasteiger partial charge in [-0.05, 0) is 18.2 Å². The molecule has 6 heteroatoms. The van der Waals surface area contributed by atoms with Crippen LogP contribution in [0.5, 0.6) is 0 Å². The van der Waals surface area contributed by atoms with Gasteiger partial charge in [-0.1, -0.05) is 24.1 Å². The lowest BCUT2D eigenvalue weighted by molar-refractivity contribution is -0.164. The number of rotatable bonds is 0. The van der Waals surface area contributed by atoms with Gasteiger partial charge in [-0.25, -0.2) is 9.78 Å². The highest BCUT2D eigenvalue weighted by Crippen LogP contribution is 2.36. The number of pyridine rings is 2. The molecular formula is C20H12N2O4. The predicted molar refractivity (Wildman–Crippen MR) is 93.1 cm³/mol. The highest BCUT2D eigenvalue weighted by atomic mass is 16.6. The van der Waals surface area contributed by atoms with Gasteiger partial charge >= 0.3 is 5.97 Å². The third kappa shape index (κ3) is 1.73. The van der Waals surface area contributed by atoms with Crippen molar-refractivity contribution in [3.05, 3.63) is 63.4 Å². The summed E-state index contributed by atoms with van der Waals surface area (Å²) < 4.78 is 6.51. The fourth-order valence-corrected chi connectivity index (χ4v) is 3.67. The van der Waals surface area contributed by atoms with Crippen molar-refractivity contribution in [1.29, 1.82) is 0 Å². The highest BCUT2D eigenvalue weighted by molar-refractivity contribution is 5.88. The minimum absolute atomic E-state index is 0.107. The summed E-state index contributed by atoms with van der Waals surface area (Å²) in [7, 11) is 0. The van der Waals surface area contributed by atoms with E-state index in [0.717, 1.165) is 16.5 Å². The number of aromatic nitrogens is 2. The minimum Gasteiger partial charge on any atom is -0.457 e. The van der Waals surface area contributed by atoms with E-state index in [-0.39, 0.29) is 23.3 Å². The molecule has 0 spiro atoms. The monoisotopic (exact) mass is 344 g/mol. The third-order valence-corrected chi connectivity index (χ3v) is 5.02. The zero-order chi connectivity index (χ0) is 18.1. The predicted octanol–water partition coefficient (Wildman–Crippen LogP) is 1.30. The Labute approximate surface area is 147 Å². The summed E-state index contributed by atoms with van der Waals surface area (Å²) in [5.74, 6) is 1.13. The third-order valence-electron chi connectivity index (χ3n) is 5.02. The van der Waals surface area contributed by atoms with Crippen molar-refractivity contribution in [3.63, 3.8) is 0 Å². The van der Waals surface area contributed by atoms with E-state index in [1.165, 1.54) is 0 Å². The number of fused-ring (bicyclic) bond motifs is 5. The average Bonchev–Trinajstić information content (AvgIpc) is 3.01. The summed E-state index contributed by atoms with van der Waals surface area (Å²) in [6, 6.07) is 11.3. The minimum atomic E-state index is -2.26. The molecule has 2 aliphatic rings. The molecule has 0 aliphatic carbocycles. The van der Waals surface area contributed by atoms with E-state index in [4.69, 9.17) is 11.2 Å². The fraction of sp³-hybridized carbons (Fsp3) is 0.150. The number of esters is 1. The summed E-state index contributed by atoms with van der Waals surface area (Å²) in [4.78, 5) is 29.6. The van der Waals surface area contributed by atoms with Crippen molar-refractivity contribution >= 4 is 16.9 Å². The second-order valence-corrected chi connectivity index (χ2v) is 6.43. The molecule has 0 amide bonds. The normalized spacial score (nSPS) is 20.1. The second kappa shape index (κ2) is 4.81. The summed E-state index contributed by atoms with van der Waals surface area (Å²) in [6.45, 7) is 0.167. The average molecular weight is 344 g/mol. The zero-order valence-electron chi connectivity index (χ0n) is 13.5. The van der Waals surface area contributed by atoms with Crippen LogP contribution in [0.1, 0.15) is 16.7 Å². The Morgan fingerprint density at radius 3 is 2.88 bits per heavy atom. The molecule has 0 unspecified atom stereocenters. The second-order valence-electron chi connectivity index (χ2n) is 6.43. The SMILES string of the molecule is C#C[C@@]1(O)C(=O)OCc2c1cc1n(c2=O)Cc2cc3ccccc3nc2-1. The first-order chi connectivity index (χ1) is 12.5.